The molecule has 0 bridgehead atoms. The van der Waals surface area contributed by atoms with Gasteiger partial charge in [-0.25, -0.2) is 0 Å². The molecule has 3 rings (SSSR count). The minimum absolute atomic E-state index is 0.128. The molecule has 2 aromatic rings. The summed E-state index contributed by atoms with van der Waals surface area (Å²) in [6, 6.07) is 16.6. The van der Waals surface area contributed by atoms with Crippen molar-refractivity contribution in [3.63, 3.8) is 0 Å². The van der Waals surface area contributed by atoms with Crippen LogP contribution in [0.1, 0.15) is 25.0 Å². The number of fused-ring (bicyclic) bond motifs is 1. The molecule has 0 spiro atoms. The molecule has 0 aliphatic carbocycles. The van der Waals surface area contributed by atoms with Crippen LogP contribution in [0.2, 0.25) is 0 Å². The second-order valence-corrected chi connectivity index (χ2v) is 5.81. The Kier molecular flexibility index (Phi) is 4.14. The van der Waals surface area contributed by atoms with E-state index in [1.54, 1.807) is 0 Å². The average Bonchev–Trinajstić information content (AvgIpc) is 2.88. The molecule has 114 valence electrons. The van der Waals surface area contributed by atoms with Crippen LogP contribution in [0.25, 0.3) is 0 Å². The molecule has 1 amide bonds. The van der Waals surface area contributed by atoms with Gasteiger partial charge in [-0.2, -0.15) is 0 Å². The number of hydrogen-bond donors (Lipinski definition) is 1. The molecular formula is C19H22N2O. The highest BCUT2D eigenvalue weighted by molar-refractivity contribution is 5.98. The SMILES string of the molecule is CCc1ccccc1NCC(=O)N1c2ccccc2C[C@@H]1C. The van der Waals surface area contributed by atoms with Crippen molar-refractivity contribution in [1.29, 1.82) is 0 Å². The predicted molar refractivity (Wildman–Crippen MR) is 91.4 cm³/mol. The molecular weight excluding hydrogens is 272 g/mol. The molecule has 22 heavy (non-hydrogen) atoms. The van der Waals surface area contributed by atoms with Gasteiger partial charge in [-0.05, 0) is 43.0 Å². The number of carbonyl (C=O) groups is 1. The summed E-state index contributed by atoms with van der Waals surface area (Å²) in [5.41, 5.74) is 4.62. The van der Waals surface area contributed by atoms with Crippen molar-refractivity contribution in [2.24, 2.45) is 0 Å². The van der Waals surface area contributed by atoms with E-state index in [4.69, 9.17) is 0 Å². The summed E-state index contributed by atoms with van der Waals surface area (Å²) in [4.78, 5) is 14.6. The zero-order chi connectivity index (χ0) is 15.5. The number of hydrogen-bond acceptors (Lipinski definition) is 2. The van der Waals surface area contributed by atoms with Gasteiger partial charge >= 0.3 is 0 Å². The Morgan fingerprint density at radius 3 is 2.73 bits per heavy atom. The highest BCUT2D eigenvalue weighted by atomic mass is 16.2. The molecule has 0 aromatic heterocycles. The Balaban J connectivity index is 1.73. The summed E-state index contributed by atoms with van der Waals surface area (Å²) in [6.07, 6.45) is 1.90. The van der Waals surface area contributed by atoms with E-state index in [-0.39, 0.29) is 11.9 Å². The van der Waals surface area contributed by atoms with Gasteiger partial charge in [-0.3, -0.25) is 4.79 Å². The van der Waals surface area contributed by atoms with E-state index in [1.165, 1.54) is 11.1 Å². The lowest BCUT2D eigenvalue weighted by molar-refractivity contribution is -0.117. The highest BCUT2D eigenvalue weighted by Gasteiger charge is 2.30. The maximum atomic E-state index is 12.7. The van der Waals surface area contributed by atoms with Gasteiger partial charge in [0, 0.05) is 17.4 Å². The van der Waals surface area contributed by atoms with E-state index < -0.39 is 0 Å². The lowest BCUT2D eigenvalue weighted by Crippen LogP contribution is -2.39. The topological polar surface area (TPSA) is 32.3 Å². The van der Waals surface area contributed by atoms with Crippen LogP contribution in [0.3, 0.4) is 0 Å². The Morgan fingerprint density at radius 1 is 1.18 bits per heavy atom. The Morgan fingerprint density at radius 2 is 1.91 bits per heavy atom. The van der Waals surface area contributed by atoms with Crippen LogP contribution in [0, 0.1) is 0 Å². The lowest BCUT2D eigenvalue weighted by atomic mass is 10.1. The van der Waals surface area contributed by atoms with Crippen molar-refractivity contribution in [3.05, 3.63) is 59.7 Å². The van der Waals surface area contributed by atoms with Crippen LogP contribution in [-0.4, -0.2) is 18.5 Å². The van der Waals surface area contributed by atoms with Crippen LogP contribution in [0.15, 0.2) is 48.5 Å². The number of para-hydroxylation sites is 2. The predicted octanol–water partition coefficient (Wildman–Crippen LogP) is 3.64. The first-order chi connectivity index (χ1) is 10.7. The first-order valence-electron chi connectivity index (χ1n) is 7.92. The molecule has 1 aliphatic rings. The third kappa shape index (κ3) is 2.71. The molecule has 1 aliphatic heterocycles. The van der Waals surface area contributed by atoms with E-state index in [9.17, 15) is 4.79 Å². The monoisotopic (exact) mass is 294 g/mol. The summed E-state index contributed by atoms with van der Waals surface area (Å²) in [5.74, 6) is 0.128. The molecule has 3 heteroatoms. The first kappa shape index (κ1) is 14.6. The summed E-state index contributed by atoms with van der Waals surface area (Å²) in [6.45, 7) is 4.56. The fourth-order valence-electron chi connectivity index (χ4n) is 3.20. The van der Waals surface area contributed by atoms with Gasteiger partial charge in [-0.1, -0.05) is 43.3 Å². The molecule has 0 unspecified atom stereocenters. The number of benzene rings is 2. The van der Waals surface area contributed by atoms with Crippen molar-refractivity contribution in [3.8, 4) is 0 Å². The quantitative estimate of drug-likeness (QED) is 0.933. The standard InChI is InChI=1S/C19H22N2O/c1-3-15-8-4-6-10-17(15)20-13-19(22)21-14(2)12-16-9-5-7-11-18(16)21/h4-11,14,20H,3,12-13H2,1-2H3/t14-/m0/s1. The summed E-state index contributed by atoms with van der Waals surface area (Å²) in [5, 5.41) is 3.30. The minimum Gasteiger partial charge on any atom is -0.376 e. The maximum absolute atomic E-state index is 12.7. The van der Waals surface area contributed by atoms with Crippen LogP contribution < -0.4 is 10.2 Å². The first-order valence-corrected chi connectivity index (χ1v) is 7.92. The molecule has 1 atom stereocenters. The fraction of sp³-hybridized carbons (Fsp3) is 0.316. The average molecular weight is 294 g/mol. The Bertz CT molecular complexity index is 681. The van der Waals surface area contributed by atoms with Gasteiger partial charge in [0.05, 0.1) is 6.54 Å². The van der Waals surface area contributed by atoms with Gasteiger partial charge in [0.2, 0.25) is 5.91 Å². The van der Waals surface area contributed by atoms with Crippen LogP contribution >= 0.6 is 0 Å². The number of anilines is 2. The summed E-state index contributed by atoms with van der Waals surface area (Å²) in [7, 11) is 0. The number of aryl methyl sites for hydroxylation is 1. The molecule has 1 heterocycles. The van der Waals surface area contributed by atoms with E-state index in [2.05, 4.69) is 31.3 Å². The van der Waals surface area contributed by atoms with Gasteiger partial charge in [-0.15, -0.1) is 0 Å². The summed E-state index contributed by atoms with van der Waals surface area (Å²) >= 11 is 0. The largest absolute Gasteiger partial charge is 0.376 e. The van der Waals surface area contributed by atoms with Crippen molar-refractivity contribution in [1.82, 2.24) is 0 Å². The third-order valence-corrected chi connectivity index (χ3v) is 4.30. The second kappa shape index (κ2) is 6.22. The Hall–Kier alpha value is -2.29. The van der Waals surface area contributed by atoms with Gasteiger partial charge in [0.15, 0.2) is 0 Å². The Labute approximate surface area is 132 Å². The van der Waals surface area contributed by atoms with Crippen LogP contribution in [0.4, 0.5) is 11.4 Å². The molecule has 0 saturated carbocycles. The number of rotatable bonds is 4. The van der Waals surface area contributed by atoms with Crippen molar-refractivity contribution in [2.45, 2.75) is 32.7 Å². The van der Waals surface area contributed by atoms with Gasteiger partial charge in [0.1, 0.15) is 0 Å². The van der Waals surface area contributed by atoms with Crippen molar-refractivity contribution < 1.29 is 4.79 Å². The van der Waals surface area contributed by atoms with E-state index in [1.807, 2.05) is 41.3 Å². The number of carbonyl (C=O) groups excluding carboxylic acids is 1. The van der Waals surface area contributed by atoms with Crippen molar-refractivity contribution >= 4 is 17.3 Å². The maximum Gasteiger partial charge on any atom is 0.246 e. The van der Waals surface area contributed by atoms with Crippen molar-refractivity contribution in [2.75, 3.05) is 16.8 Å². The van der Waals surface area contributed by atoms with Crippen LogP contribution in [0.5, 0.6) is 0 Å². The van der Waals surface area contributed by atoms with Gasteiger partial charge in [0.25, 0.3) is 0 Å². The second-order valence-electron chi connectivity index (χ2n) is 5.81. The fourth-order valence-corrected chi connectivity index (χ4v) is 3.20. The zero-order valence-electron chi connectivity index (χ0n) is 13.2. The molecule has 1 N–H and O–H groups in total. The van der Waals surface area contributed by atoms with E-state index in [0.717, 1.165) is 24.2 Å². The lowest BCUT2D eigenvalue weighted by Gasteiger charge is -2.23. The number of nitrogens with one attached hydrogen (secondary N) is 1. The number of nitrogens with zero attached hydrogens (tertiary/aromatic N) is 1. The molecule has 0 radical (unpaired) electrons. The number of amides is 1. The van der Waals surface area contributed by atoms with E-state index in [0.29, 0.717) is 6.54 Å². The molecule has 0 fully saturated rings. The smallest absolute Gasteiger partial charge is 0.246 e. The summed E-state index contributed by atoms with van der Waals surface area (Å²) < 4.78 is 0. The minimum atomic E-state index is 0.128. The van der Waals surface area contributed by atoms with Gasteiger partial charge < -0.3 is 10.2 Å². The highest BCUT2D eigenvalue weighted by Crippen LogP contribution is 2.31. The third-order valence-electron chi connectivity index (χ3n) is 4.30. The van der Waals surface area contributed by atoms with Crippen LogP contribution in [-0.2, 0) is 17.6 Å². The zero-order valence-corrected chi connectivity index (χ0v) is 13.2. The van der Waals surface area contributed by atoms with E-state index >= 15 is 0 Å². The molecule has 2 aromatic carbocycles. The normalized spacial score (nSPS) is 16.5. The molecule has 3 nitrogen and oxygen atoms in total. The molecule has 0 saturated heterocycles.